The second kappa shape index (κ2) is 7.90. The van der Waals surface area contributed by atoms with Crippen LogP contribution < -0.4 is 10.1 Å². The quantitative estimate of drug-likeness (QED) is 0.516. The molecule has 0 saturated heterocycles. The maximum atomic E-state index is 12.3. The molecule has 0 spiro atoms. The van der Waals surface area contributed by atoms with Gasteiger partial charge in [-0.25, -0.2) is 9.97 Å². The number of alkyl halides is 3. The lowest BCUT2D eigenvalue weighted by molar-refractivity contribution is -0.274. The summed E-state index contributed by atoms with van der Waals surface area (Å²) < 4.78 is 48.0. The van der Waals surface area contributed by atoms with Crippen molar-refractivity contribution >= 4 is 16.9 Å². The van der Waals surface area contributed by atoms with Crippen LogP contribution in [0.15, 0.2) is 65.5 Å². The molecule has 0 radical (unpaired) electrons. The molecule has 154 valence electrons. The maximum Gasteiger partial charge on any atom is 0.573 e. The van der Waals surface area contributed by atoms with Gasteiger partial charge in [-0.1, -0.05) is 24.3 Å². The molecular weight excluding hydrogens is 401 g/mol. The Kier molecular flexibility index (Phi) is 5.13. The molecule has 1 amide bonds. The van der Waals surface area contributed by atoms with Crippen molar-refractivity contribution in [3.05, 3.63) is 78.3 Å². The molecule has 0 unspecified atom stereocenters. The van der Waals surface area contributed by atoms with Crippen LogP contribution in [-0.2, 0) is 13.1 Å². The van der Waals surface area contributed by atoms with Crippen LogP contribution in [-0.4, -0.2) is 26.8 Å². The Morgan fingerprint density at radius 3 is 2.83 bits per heavy atom. The van der Waals surface area contributed by atoms with E-state index < -0.39 is 12.3 Å². The lowest BCUT2D eigenvalue weighted by Gasteiger charge is -2.10. The van der Waals surface area contributed by atoms with Crippen molar-refractivity contribution in [1.29, 1.82) is 0 Å². The van der Waals surface area contributed by atoms with E-state index in [1.165, 1.54) is 24.5 Å². The molecular formula is C20H15F3N4O3. The molecule has 0 atom stereocenters. The predicted molar refractivity (Wildman–Crippen MR) is 99.6 cm³/mol. The first kappa shape index (κ1) is 19.5. The molecule has 4 aromatic rings. The van der Waals surface area contributed by atoms with E-state index in [4.69, 9.17) is 4.42 Å². The highest BCUT2D eigenvalue weighted by molar-refractivity contribution is 5.91. The molecule has 30 heavy (non-hydrogen) atoms. The van der Waals surface area contributed by atoms with Crippen LogP contribution in [0.4, 0.5) is 13.2 Å². The number of hydrogen-bond acceptors (Lipinski definition) is 5. The van der Waals surface area contributed by atoms with Gasteiger partial charge in [-0.3, -0.25) is 4.79 Å². The lowest BCUT2D eigenvalue weighted by atomic mass is 10.2. The van der Waals surface area contributed by atoms with Crippen molar-refractivity contribution in [1.82, 2.24) is 19.9 Å². The summed E-state index contributed by atoms with van der Waals surface area (Å²) in [5.41, 5.74) is 2.25. The van der Waals surface area contributed by atoms with Gasteiger partial charge in [-0.05, 0) is 29.8 Å². The predicted octanol–water partition coefficient (Wildman–Crippen LogP) is 3.90. The minimum atomic E-state index is -4.78. The molecule has 7 nitrogen and oxygen atoms in total. The van der Waals surface area contributed by atoms with Crippen molar-refractivity contribution in [2.75, 3.05) is 0 Å². The molecule has 10 heteroatoms. The third kappa shape index (κ3) is 4.59. The first-order chi connectivity index (χ1) is 14.4. The smallest absolute Gasteiger partial charge is 0.446 e. The number of carbonyl (C=O) groups excluding carboxylic acids is 1. The maximum absolute atomic E-state index is 12.3. The largest absolute Gasteiger partial charge is 0.573 e. The van der Waals surface area contributed by atoms with E-state index in [0.717, 1.165) is 11.0 Å². The van der Waals surface area contributed by atoms with Gasteiger partial charge in [0.1, 0.15) is 18.6 Å². The van der Waals surface area contributed by atoms with Gasteiger partial charge in [0, 0.05) is 6.54 Å². The summed E-state index contributed by atoms with van der Waals surface area (Å²) in [4.78, 5) is 20.7. The number of para-hydroxylation sites is 2. The summed E-state index contributed by atoms with van der Waals surface area (Å²) in [7, 11) is 0. The molecule has 4 rings (SSSR count). The SMILES string of the molecule is O=C(NCc1cccc(OC(F)(F)F)c1)c1coc(Cn2cnc3ccccc32)n1. The molecule has 0 aliphatic rings. The van der Waals surface area contributed by atoms with Crippen LogP contribution >= 0.6 is 0 Å². The third-order valence-corrected chi connectivity index (χ3v) is 4.20. The Balaban J connectivity index is 1.38. The second-order valence-electron chi connectivity index (χ2n) is 6.37. The fourth-order valence-corrected chi connectivity index (χ4v) is 2.90. The van der Waals surface area contributed by atoms with Crippen molar-refractivity contribution in [2.45, 2.75) is 19.5 Å². The van der Waals surface area contributed by atoms with Crippen LogP contribution in [0, 0.1) is 0 Å². The van der Waals surface area contributed by atoms with Crippen molar-refractivity contribution in [3.8, 4) is 5.75 Å². The highest BCUT2D eigenvalue weighted by atomic mass is 19.4. The Hall–Kier alpha value is -3.82. The standard InChI is InChI=1S/C20H15F3N4O3/c21-20(22,23)30-14-5-3-4-13(8-14)9-24-19(28)16-11-29-18(26-16)10-27-12-25-15-6-1-2-7-17(15)27/h1-8,11-12H,9-10H2,(H,24,28). The number of hydrogen-bond donors (Lipinski definition) is 1. The number of rotatable bonds is 6. The summed E-state index contributed by atoms with van der Waals surface area (Å²) in [6.07, 6.45) is -1.89. The number of halogens is 3. The van der Waals surface area contributed by atoms with Gasteiger partial charge >= 0.3 is 6.36 Å². The summed E-state index contributed by atoms with van der Waals surface area (Å²) in [5.74, 6) is -0.544. The number of benzene rings is 2. The topological polar surface area (TPSA) is 82.2 Å². The summed E-state index contributed by atoms with van der Waals surface area (Å²) in [6.45, 7) is 0.298. The van der Waals surface area contributed by atoms with Gasteiger partial charge < -0.3 is 19.0 Å². The van der Waals surface area contributed by atoms with Crippen molar-refractivity contribution < 1.29 is 27.1 Å². The number of fused-ring (bicyclic) bond motifs is 1. The van der Waals surface area contributed by atoms with E-state index in [0.29, 0.717) is 18.0 Å². The Morgan fingerprint density at radius 1 is 1.17 bits per heavy atom. The fourth-order valence-electron chi connectivity index (χ4n) is 2.90. The fraction of sp³-hybridized carbons (Fsp3) is 0.150. The molecule has 2 heterocycles. The van der Waals surface area contributed by atoms with E-state index in [1.807, 2.05) is 28.8 Å². The average molecular weight is 416 g/mol. The van der Waals surface area contributed by atoms with E-state index in [-0.39, 0.29) is 18.0 Å². The summed E-state index contributed by atoms with van der Waals surface area (Å²) >= 11 is 0. The number of carbonyl (C=O) groups is 1. The van der Waals surface area contributed by atoms with Crippen molar-refractivity contribution in [3.63, 3.8) is 0 Å². The minimum Gasteiger partial charge on any atom is -0.446 e. The molecule has 2 aromatic heterocycles. The van der Waals surface area contributed by atoms with Gasteiger partial charge in [0.05, 0.1) is 17.4 Å². The van der Waals surface area contributed by atoms with Crippen LogP contribution in [0.1, 0.15) is 21.9 Å². The lowest BCUT2D eigenvalue weighted by Crippen LogP contribution is -2.23. The van der Waals surface area contributed by atoms with Gasteiger partial charge in [0.25, 0.3) is 5.91 Å². The molecule has 1 N–H and O–H groups in total. The molecule has 2 aromatic carbocycles. The number of imidazole rings is 1. The molecule has 0 fully saturated rings. The van der Waals surface area contributed by atoms with Gasteiger partial charge in [0.2, 0.25) is 5.89 Å². The summed E-state index contributed by atoms with van der Waals surface area (Å²) in [5, 5.41) is 2.59. The Morgan fingerprint density at radius 2 is 2.00 bits per heavy atom. The Labute approximate surface area is 168 Å². The number of oxazole rings is 1. The van der Waals surface area contributed by atoms with E-state index in [1.54, 1.807) is 12.4 Å². The van der Waals surface area contributed by atoms with Crippen LogP contribution in [0.5, 0.6) is 5.75 Å². The zero-order valence-corrected chi connectivity index (χ0v) is 15.4. The van der Waals surface area contributed by atoms with E-state index in [9.17, 15) is 18.0 Å². The van der Waals surface area contributed by atoms with Crippen LogP contribution in [0.25, 0.3) is 11.0 Å². The third-order valence-electron chi connectivity index (χ3n) is 4.20. The second-order valence-corrected chi connectivity index (χ2v) is 6.37. The highest BCUT2D eigenvalue weighted by Gasteiger charge is 2.31. The first-order valence-electron chi connectivity index (χ1n) is 8.84. The number of nitrogens with zero attached hydrogens (tertiary/aromatic N) is 3. The van der Waals surface area contributed by atoms with E-state index >= 15 is 0 Å². The molecule has 0 aliphatic carbocycles. The molecule has 0 saturated carbocycles. The van der Waals surface area contributed by atoms with Gasteiger partial charge in [-0.15, -0.1) is 13.2 Å². The van der Waals surface area contributed by atoms with Crippen LogP contribution in [0.3, 0.4) is 0 Å². The van der Waals surface area contributed by atoms with Crippen LogP contribution in [0.2, 0.25) is 0 Å². The van der Waals surface area contributed by atoms with Crippen molar-refractivity contribution in [2.24, 2.45) is 0 Å². The normalized spacial score (nSPS) is 11.6. The molecule has 0 bridgehead atoms. The average Bonchev–Trinajstić information content (AvgIpc) is 3.33. The number of aromatic nitrogens is 3. The first-order valence-corrected chi connectivity index (χ1v) is 8.84. The minimum absolute atomic E-state index is 0.00222. The monoisotopic (exact) mass is 416 g/mol. The zero-order chi connectivity index (χ0) is 21.1. The number of ether oxygens (including phenoxy) is 1. The highest BCUT2D eigenvalue weighted by Crippen LogP contribution is 2.23. The number of amides is 1. The molecule has 0 aliphatic heterocycles. The zero-order valence-electron chi connectivity index (χ0n) is 15.4. The van der Waals surface area contributed by atoms with Gasteiger partial charge in [-0.2, -0.15) is 0 Å². The summed E-state index contributed by atoms with van der Waals surface area (Å²) in [6, 6.07) is 12.9. The Bertz CT molecular complexity index is 1180. The van der Waals surface area contributed by atoms with Gasteiger partial charge in [0.15, 0.2) is 5.69 Å². The van der Waals surface area contributed by atoms with E-state index in [2.05, 4.69) is 20.0 Å². The number of nitrogens with one attached hydrogen (secondary N) is 1.